The summed E-state index contributed by atoms with van der Waals surface area (Å²) in [6.45, 7) is 0. The molecule has 0 aromatic heterocycles. The van der Waals surface area contributed by atoms with Crippen molar-refractivity contribution in [1.82, 2.24) is 0 Å². The summed E-state index contributed by atoms with van der Waals surface area (Å²) in [5, 5.41) is 0. The molecule has 0 heterocycles. The van der Waals surface area contributed by atoms with E-state index in [0.29, 0.717) is 0 Å². The first-order valence-corrected chi connectivity index (χ1v) is 31.5. The molecule has 3 aliphatic carbocycles. The first-order valence-electron chi connectivity index (χ1n) is 31.5. The summed E-state index contributed by atoms with van der Waals surface area (Å²) in [6, 6.07) is 128. The third-order valence-electron chi connectivity index (χ3n) is 18.7. The van der Waals surface area contributed by atoms with Crippen LogP contribution in [0.25, 0.3) is 39.0 Å². The minimum atomic E-state index is -0.621. The molecule has 0 bridgehead atoms. The molecule has 0 aliphatic heterocycles. The van der Waals surface area contributed by atoms with Crippen LogP contribution in [-0.2, 0) is 5.41 Å². The number of nitrogens with zero attached hydrogens (tertiary/aromatic N) is 3. The van der Waals surface area contributed by atoms with Crippen molar-refractivity contribution in [3.8, 4) is 33.4 Å². The van der Waals surface area contributed by atoms with Crippen molar-refractivity contribution in [2.24, 2.45) is 0 Å². The Balaban J connectivity index is 0.894. The molecular formula is C87H65N3. The highest BCUT2D eigenvalue weighted by molar-refractivity contribution is 5.98. The molecule has 3 aliphatic rings. The van der Waals surface area contributed by atoms with Gasteiger partial charge in [0.1, 0.15) is 0 Å². The second kappa shape index (κ2) is 23.4. The SMILES string of the molecule is C1=C(CC(c2ccccc2)c2ccccc2)C=C(c2ccc3c(c2)C2(c4ccccc4-c4ccccc42)c2cc(-c4cc(N(c5ccccc5)c5ccccc5)cc(N(c5ccccc5)c5ccccc5)c4)ccc2-3)CC1N(c1ccccc1)c1ccccc1. The van der Waals surface area contributed by atoms with Gasteiger partial charge in [-0.1, -0.05) is 255 Å². The molecule has 16 rings (SSSR count). The van der Waals surface area contributed by atoms with Gasteiger partial charge in [-0.15, -0.1) is 0 Å². The molecule has 1 atom stereocenters. The number of rotatable bonds is 15. The standard InChI is InChI=1S/C87H65N3/c1-9-29-63(30-10-1)82(64-31-11-2-12-32-64)55-62-53-67(56-75(54-62)88(69-33-13-3-14-34-69)70-35-15-4-16-36-70)65-49-51-80-81-52-50-66(60-86(81)87(85(80)59-65)83-47-27-25-45-78(83)79-46-26-28-48-84(79)87)68-57-76(89(71-37-17-5-18-38-71)72-39-19-6-20-40-72)61-77(58-68)90(73-41-21-7-22-42-73)74-43-23-8-24-44-74/h1-54,57-61,75,82H,55-56H2. The van der Waals surface area contributed by atoms with Crippen LogP contribution in [0, 0.1) is 0 Å². The van der Waals surface area contributed by atoms with Gasteiger partial charge in [-0.05, 0) is 199 Å². The molecule has 0 N–H and O–H groups in total. The Kier molecular flexibility index (Phi) is 14.1. The highest BCUT2D eigenvalue weighted by atomic mass is 15.2. The molecule has 13 aromatic carbocycles. The van der Waals surface area contributed by atoms with Gasteiger partial charge < -0.3 is 14.7 Å². The maximum atomic E-state index is 2.59. The van der Waals surface area contributed by atoms with Crippen molar-refractivity contribution in [3.05, 3.63) is 402 Å². The van der Waals surface area contributed by atoms with E-state index in [9.17, 15) is 0 Å². The van der Waals surface area contributed by atoms with Crippen LogP contribution in [0.1, 0.15) is 57.7 Å². The van der Waals surface area contributed by atoms with Gasteiger partial charge in [-0.2, -0.15) is 0 Å². The molecule has 428 valence electrons. The van der Waals surface area contributed by atoms with Crippen LogP contribution in [-0.4, -0.2) is 6.04 Å². The Morgan fingerprint density at radius 3 is 1.09 bits per heavy atom. The fourth-order valence-corrected chi connectivity index (χ4v) is 14.8. The maximum absolute atomic E-state index is 2.59. The molecule has 3 nitrogen and oxygen atoms in total. The summed E-state index contributed by atoms with van der Waals surface area (Å²) in [5.41, 5.74) is 27.3. The Hall–Kier alpha value is -11.3. The van der Waals surface area contributed by atoms with Gasteiger partial charge in [-0.3, -0.25) is 0 Å². The van der Waals surface area contributed by atoms with Gasteiger partial charge in [0.15, 0.2) is 0 Å². The molecule has 0 fully saturated rings. The van der Waals surface area contributed by atoms with Crippen LogP contribution in [0.4, 0.5) is 45.5 Å². The summed E-state index contributed by atoms with van der Waals surface area (Å²) in [6.07, 6.45) is 6.77. The predicted octanol–water partition coefficient (Wildman–Crippen LogP) is 22.8. The molecule has 0 radical (unpaired) electrons. The highest BCUT2D eigenvalue weighted by Gasteiger charge is 2.52. The summed E-state index contributed by atoms with van der Waals surface area (Å²) in [5.74, 6) is 0.159. The Bertz CT molecular complexity index is 4450. The first-order chi connectivity index (χ1) is 44.6. The minimum Gasteiger partial charge on any atom is -0.334 e. The second-order valence-electron chi connectivity index (χ2n) is 23.9. The van der Waals surface area contributed by atoms with E-state index < -0.39 is 5.41 Å². The quantitative estimate of drug-likeness (QED) is 0.101. The highest BCUT2D eigenvalue weighted by Crippen LogP contribution is 2.64. The number of fused-ring (bicyclic) bond motifs is 10. The van der Waals surface area contributed by atoms with E-state index in [2.05, 4.69) is 373 Å². The van der Waals surface area contributed by atoms with E-state index in [-0.39, 0.29) is 12.0 Å². The van der Waals surface area contributed by atoms with Gasteiger partial charge in [0.05, 0.1) is 11.5 Å². The second-order valence-corrected chi connectivity index (χ2v) is 23.9. The number of para-hydroxylation sites is 6. The van der Waals surface area contributed by atoms with Crippen LogP contribution < -0.4 is 14.7 Å². The molecule has 0 saturated carbocycles. The third-order valence-corrected chi connectivity index (χ3v) is 18.7. The van der Waals surface area contributed by atoms with Crippen LogP contribution in [0.5, 0.6) is 0 Å². The fraction of sp³-hybridized carbons (Fsp3) is 0.0575. The number of hydrogen-bond donors (Lipinski definition) is 0. The number of anilines is 8. The summed E-state index contributed by atoms with van der Waals surface area (Å²) >= 11 is 0. The van der Waals surface area contributed by atoms with Crippen LogP contribution >= 0.6 is 0 Å². The van der Waals surface area contributed by atoms with Crippen molar-refractivity contribution in [2.45, 2.75) is 30.2 Å². The average molecular weight is 1150 g/mol. The average Bonchev–Trinajstić information content (AvgIpc) is 1.51. The van der Waals surface area contributed by atoms with Crippen LogP contribution in [0.15, 0.2) is 364 Å². The number of hydrogen-bond acceptors (Lipinski definition) is 3. The van der Waals surface area contributed by atoms with Crippen LogP contribution in [0.2, 0.25) is 0 Å². The number of allylic oxidation sites excluding steroid dienone is 2. The van der Waals surface area contributed by atoms with Gasteiger partial charge in [-0.25, -0.2) is 0 Å². The van der Waals surface area contributed by atoms with Crippen molar-refractivity contribution < 1.29 is 0 Å². The van der Waals surface area contributed by atoms with Gasteiger partial charge >= 0.3 is 0 Å². The Labute approximate surface area is 528 Å². The van der Waals surface area contributed by atoms with E-state index >= 15 is 0 Å². The zero-order chi connectivity index (χ0) is 59.8. The Morgan fingerprint density at radius 2 is 0.656 bits per heavy atom. The lowest BCUT2D eigenvalue weighted by molar-refractivity contribution is 0.753. The lowest BCUT2D eigenvalue weighted by Gasteiger charge is -2.36. The minimum absolute atomic E-state index is 0.0203. The summed E-state index contributed by atoms with van der Waals surface area (Å²) < 4.78 is 0. The summed E-state index contributed by atoms with van der Waals surface area (Å²) in [7, 11) is 0. The summed E-state index contributed by atoms with van der Waals surface area (Å²) in [4.78, 5) is 7.34. The third kappa shape index (κ3) is 9.73. The molecule has 0 amide bonds. The molecule has 90 heavy (non-hydrogen) atoms. The molecule has 0 saturated heterocycles. The van der Waals surface area contributed by atoms with Gasteiger partial charge in [0, 0.05) is 51.4 Å². The lowest BCUT2D eigenvalue weighted by Crippen LogP contribution is -2.31. The predicted molar refractivity (Wildman–Crippen MR) is 376 cm³/mol. The molecule has 3 heteroatoms. The topological polar surface area (TPSA) is 9.72 Å². The van der Waals surface area contributed by atoms with Crippen molar-refractivity contribution in [1.29, 1.82) is 0 Å². The van der Waals surface area contributed by atoms with E-state index in [0.717, 1.165) is 58.1 Å². The first kappa shape index (κ1) is 54.2. The molecule has 1 spiro atoms. The van der Waals surface area contributed by atoms with Gasteiger partial charge in [0.2, 0.25) is 0 Å². The van der Waals surface area contributed by atoms with E-state index in [1.807, 2.05) is 0 Å². The van der Waals surface area contributed by atoms with E-state index in [1.165, 1.54) is 83.7 Å². The Morgan fingerprint density at radius 1 is 0.300 bits per heavy atom. The van der Waals surface area contributed by atoms with E-state index in [1.54, 1.807) is 0 Å². The monoisotopic (exact) mass is 1150 g/mol. The number of benzene rings is 13. The largest absolute Gasteiger partial charge is 0.334 e. The maximum Gasteiger partial charge on any atom is 0.0725 e. The molecule has 13 aromatic rings. The smallest absolute Gasteiger partial charge is 0.0725 e. The zero-order valence-electron chi connectivity index (χ0n) is 50.0. The molecular weight excluding hydrogens is 1090 g/mol. The normalized spacial score (nSPS) is 14.0. The molecule has 1 unspecified atom stereocenters. The van der Waals surface area contributed by atoms with Crippen LogP contribution in [0.3, 0.4) is 0 Å². The van der Waals surface area contributed by atoms with Crippen molar-refractivity contribution >= 4 is 51.1 Å². The lowest BCUT2D eigenvalue weighted by atomic mass is 9.69. The fourth-order valence-electron chi connectivity index (χ4n) is 14.8. The van der Waals surface area contributed by atoms with Gasteiger partial charge in [0.25, 0.3) is 0 Å². The van der Waals surface area contributed by atoms with Crippen molar-refractivity contribution in [2.75, 3.05) is 14.7 Å². The van der Waals surface area contributed by atoms with Crippen molar-refractivity contribution in [3.63, 3.8) is 0 Å². The van der Waals surface area contributed by atoms with E-state index in [4.69, 9.17) is 0 Å². The zero-order valence-corrected chi connectivity index (χ0v) is 50.0.